The predicted octanol–water partition coefficient (Wildman–Crippen LogP) is 2.91. The normalized spacial score (nSPS) is 57.8. The van der Waals surface area contributed by atoms with Crippen molar-refractivity contribution in [2.75, 3.05) is 0 Å². The van der Waals surface area contributed by atoms with E-state index in [2.05, 4.69) is 13.8 Å². The summed E-state index contributed by atoms with van der Waals surface area (Å²) < 4.78 is 18.1. The van der Waals surface area contributed by atoms with E-state index in [-0.39, 0.29) is 65.4 Å². The van der Waals surface area contributed by atoms with Gasteiger partial charge in [0.2, 0.25) is 0 Å². The van der Waals surface area contributed by atoms with Crippen LogP contribution in [0.4, 0.5) is 0 Å². The molecule has 0 bridgehead atoms. The standard InChI is InChI=1S/C30H44O8/c1-15(21-14-27(4)29(6,38-27)25(34)37-21)24-20(36-16(2)31)13-19-17-12-23(33)30(35)10-7-8-22(32)28(30,5)18(17)9-11-26(19,24)3/h7-8,15,17-21,23-25,33-35H,9-14H2,1-6H3/t15-,17-,18+,19-,20-,21-,23-,24+,25-,26+,27+,28+,29-,30+/m1/s1. The second-order valence-electron chi connectivity index (χ2n) is 14.2. The lowest BCUT2D eigenvalue weighted by Gasteiger charge is -2.63. The van der Waals surface area contributed by atoms with E-state index in [4.69, 9.17) is 14.2 Å². The van der Waals surface area contributed by atoms with E-state index in [1.54, 1.807) is 12.2 Å². The van der Waals surface area contributed by atoms with E-state index >= 15 is 0 Å². The molecule has 3 N–H and O–H groups in total. The topological polar surface area (TPSA) is 126 Å². The first-order valence-electron chi connectivity index (χ1n) is 14.4. The number of aliphatic hydroxyl groups is 3. The highest BCUT2D eigenvalue weighted by Gasteiger charge is 2.74. The molecule has 14 atom stereocenters. The minimum Gasteiger partial charge on any atom is -0.462 e. The fourth-order valence-electron chi connectivity index (χ4n) is 10.3. The number of ether oxygens (including phenoxy) is 3. The van der Waals surface area contributed by atoms with E-state index in [0.29, 0.717) is 19.3 Å². The van der Waals surface area contributed by atoms with Crippen LogP contribution in [0.3, 0.4) is 0 Å². The Morgan fingerprint density at radius 3 is 2.53 bits per heavy atom. The average Bonchev–Trinajstić information content (AvgIpc) is 3.28. The highest BCUT2D eigenvalue weighted by molar-refractivity contribution is 5.97. The molecular formula is C30H44O8. The van der Waals surface area contributed by atoms with Gasteiger partial charge in [-0.05, 0) is 88.0 Å². The Bertz CT molecular complexity index is 1070. The molecule has 0 aromatic rings. The van der Waals surface area contributed by atoms with Crippen LogP contribution in [0.15, 0.2) is 12.2 Å². The molecule has 4 aliphatic carbocycles. The number of aliphatic hydroxyl groups excluding tert-OH is 2. The molecule has 0 aromatic heterocycles. The summed E-state index contributed by atoms with van der Waals surface area (Å²) in [5, 5.41) is 33.7. The number of esters is 1. The molecule has 0 radical (unpaired) electrons. The number of epoxide rings is 1. The zero-order valence-electron chi connectivity index (χ0n) is 23.5. The van der Waals surface area contributed by atoms with Gasteiger partial charge in [-0.3, -0.25) is 9.59 Å². The maximum Gasteiger partial charge on any atom is 0.302 e. The fourth-order valence-corrected chi connectivity index (χ4v) is 10.3. The Morgan fingerprint density at radius 1 is 1.16 bits per heavy atom. The third-order valence-electron chi connectivity index (χ3n) is 12.7. The van der Waals surface area contributed by atoms with Crippen LogP contribution < -0.4 is 0 Å². The number of hydrogen-bond acceptors (Lipinski definition) is 8. The first kappa shape index (κ1) is 26.9. The number of allylic oxidation sites excluding steroid dienone is 1. The zero-order valence-corrected chi connectivity index (χ0v) is 23.5. The molecule has 0 amide bonds. The molecule has 8 heteroatoms. The van der Waals surface area contributed by atoms with Gasteiger partial charge in [-0.15, -0.1) is 0 Å². The van der Waals surface area contributed by atoms with Crippen LogP contribution in [0, 0.1) is 40.4 Å². The molecule has 2 heterocycles. The summed E-state index contributed by atoms with van der Waals surface area (Å²) in [5.74, 6) is -0.401. The van der Waals surface area contributed by atoms with Crippen molar-refractivity contribution in [3.05, 3.63) is 12.2 Å². The number of rotatable bonds is 3. The Kier molecular flexibility index (Phi) is 5.75. The van der Waals surface area contributed by atoms with Gasteiger partial charge in [-0.1, -0.05) is 19.9 Å². The highest BCUT2D eigenvalue weighted by atomic mass is 16.7. The van der Waals surface area contributed by atoms with E-state index in [0.717, 1.165) is 12.8 Å². The van der Waals surface area contributed by atoms with Crippen LogP contribution in [0.5, 0.6) is 0 Å². The van der Waals surface area contributed by atoms with E-state index < -0.39 is 34.6 Å². The SMILES string of the molecule is CC(=O)O[C@@H]1C[C@@H]2[C@@H]3C[C@@H](O)[C@@]4(O)CC=CC(=O)[C@]4(C)[C@H]3CC[C@]2(C)[C@H]1[C@H](C)[C@H]1C[C@]2(C)O[C@]2(C)[C@H](O)O1. The maximum absolute atomic E-state index is 13.4. The Hall–Kier alpha value is -1.32. The summed E-state index contributed by atoms with van der Waals surface area (Å²) in [5.41, 5.74) is -3.87. The molecule has 6 aliphatic rings. The lowest BCUT2D eigenvalue weighted by Crippen LogP contribution is -2.69. The van der Waals surface area contributed by atoms with Crippen LogP contribution in [-0.2, 0) is 23.8 Å². The zero-order chi connectivity index (χ0) is 27.6. The third-order valence-corrected chi connectivity index (χ3v) is 12.7. The van der Waals surface area contributed by atoms with Crippen LogP contribution in [0.25, 0.3) is 0 Å². The van der Waals surface area contributed by atoms with Crippen molar-refractivity contribution in [2.45, 2.75) is 121 Å². The Morgan fingerprint density at radius 2 is 1.87 bits per heavy atom. The van der Waals surface area contributed by atoms with Gasteiger partial charge >= 0.3 is 5.97 Å². The van der Waals surface area contributed by atoms with Crippen LogP contribution >= 0.6 is 0 Å². The summed E-state index contributed by atoms with van der Waals surface area (Å²) in [4.78, 5) is 25.6. The number of carbonyl (C=O) groups is 2. The second kappa shape index (κ2) is 8.12. The fraction of sp³-hybridized carbons (Fsp3) is 0.867. The van der Waals surface area contributed by atoms with Gasteiger partial charge < -0.3 is 29.5 Å². The van der Waals surface area contributed by atoms with Gasteiger partial charge in [0.1, 0.15) is 22.9 Å². The van der Waals surface area contributed by atoms with Crippen molar-refractivity contribution in [1.82, 2.24) is 0 Å². The molecule has 5 fully saturated rings. The van der Waals surface area contributed by atoms with E-state index in [9.17, 15) is 24.9 Å². The summed E-state index contributed by atoms with van der Waals surface area (Å²) in [6, 6.07) is 0. The van der Waals surface area contributed by atoms with Crippen molar-refractivity contribution >= 4 is 11.8 Å². The van der Waals surface area contributed by atoms with E-state index in [1.165, 1.54) is 6.92 Å². The first-order chi connectivity index (χ1) is 17.6. The highest BCUT2D eigenvalue weighted by Crippen LogP contribution is 2.69. The summed E-state index contributed by atoms with van der Waals surface area (Å²) in [6.45, 7) is 11.6. The smallest absolute Gasteiger partial charge is 0.302 e. The first-order valence-corrected chi connectivity index (χ1v) is 14.4. The second-order valence-corrected chi connectivity index (χ2v) is 14.2. The molecule has 2 saturated heterocycles. The van der Waals surface area contributed by atoms with Crippen molar-refractivity contribution < 1.29 is 39.1 Å². The largest absolute Gasteiger partial charge is 0.462 e. The minimum atomic E-state index is -1.47. The summed E-state index contributed by atoms with van der Waals surface area (Å²) in [7, 11) is 0. The lowest BCUT2D eigenvalue weighted by molar-refractivity contribution is -0.234. The molecule has 8 nitrogen and oxygen atoms in total. The van der Waals surface area contributed by atoms with Gasteiger partial charge in [0.25, 0.3) is 0 Å². The molecule has 3 saturated carbocycles. The maximum atomic E-state index is 13.4. The predicted molar refractivity (Wildman–Crippen MR) is 136 cm³/mol. The molecule has 212 valence electrons. The van der Waals surface area contributed by atoms with Crippen molar-refractivity contribution in [3.8, 4) is 0 Å². The van der Waals surface area contributed by atoms with Crippen LogP contribution in [-0.4, -0.2) is 68.5 Å². The van der Waals surface area contributed by atoms with Gasteiger partial charge in [0.05, 0.1) is 17.6 Å². The molecule has 0 spiro atoms. The quantitative estimate of drug-likeness (QED) is 0.374. The number of ketones is 1. The molecule has 0 unspecified atom stereocenters. The number of hydrogen-bond donors (Lipinski definition) is 3. The third kappa shape index (κ3) is 3.21. The molecule has 6 rings (SSSR count). The Balaban J connectivity index is 1.34. The molecule has 38 heavy (non-hydrogen) atoms. The van der Waals surface area contributed by atoms with E-state index in [1.807, 2.05) is 20.8 Å². The molecule has 2 aliphatic heterocycles. The summed E-state index contributed by atoms with van der Waals surface area (Å²) in [6.07, 6.45) is 4.26. The number of carbonyl (C=O) groups excluding carboxylic acids is 2. The number of fused-ring (bicyclic) bond motifs is 6. The average molecular weight is 533 g/mol. The van der Waals surface area contributed by atoms with Crippen LogP contribution in [0.2, 0.25) is 0 Å². The van der Waals surface area contributed by atoms with Gasteiger partial charge in [-0.2, -0.15) is 0 Å². The van der Waals surface area contributed by atoms with Gasteiger partial charge in [0.15, 0.2) is 12.1 Å². The van der Waals surface area contributed by atoms with Crippen molar-refractivity contribution in [2.24, 2.45) is 40.4 Å². The molecule has 0 aromatic carbocycles. The lowest BCUT2D eigenvalue weighted by atomic mass is 9.43. The monoisotopic (exact) mass is 532 g/mol. The van der Waals surface area contributed by atoms with Gasteiger partial charge in [0, 0.05) is 19.3 Å². The minimum absolute atomic E-state index is 0.0187. The molecular weight excluding hydrogens is 488 g/mol. The Labute approximate surface area is 225 Å². The van der Waals surface area contributed by atoms with Crippen molar-refractivity contribution in [3.63, 3.8) is 0 Å². The van der Waals surface area contributed by atoms with Crippen LogP contribution in [0.1, 0.15) is 80.1 Å². The summed E-state index contributed by atoms with van der Waals surface area (Å²) >= 11 is 0. The van der Waals surface area contributed by atoms with Crippen molar-refractivity contribution in [1.29, 1.82) is 0 Å². The van der Waals surface area contributed by atoms with Gasteiger partial charge in [-0.25, -0.2) is 0 Å².